The number of piperazine rings is 1. The van der Waals surface area contributed by atoms with Crippen molar-refractivity contribution in [2.75, 3.05) is 30.4 Å². The van der Waals surface area contributed by atoms with Crippen LogP contribution in [-0.2, 0) is 7.05 Å². The van der Waals surface area contributed by atoms with Crippen LogP contribution in [0, 0.1) is 0 Å². The van der Waals surface area contributed by atoms with Crippen LogP contribution in [0.3, 0.4) is 0 Å². The van der Waals surface area contributed by atoms with Gasteiger partial charge in [0.05, 0.1) is 12.7 Å². The number of aromatic nitrogens is 5. The summed E-state index contributed by atoms with van der Waals surface area (Å²) in [6.45, 7) is 5.90. The second kappa shape index (κ2) is 8.28. The van der Waals surface area contributed by atoms with Gasteiger partial charge in [-0.3, -0.25) is 14.5 Å². The van der Waals surface area contributed by atoms with Gasteiger partial charge < -0.3 is 20.3 Å². The predicted octanol–water partition coefficient (Wildman–Crippen LogP) is 2.36. The second-order valence-electron chi connectivity index (χ2n) is 8.50. The van der Waals surface area contributed by atoms with Crippen LogP contribution in [0.1, 0.15) is 24.2 Å². The molecule has 33 heavy (non-hydrogen) atoms. The predicted molar refractivity (Wildman–Crippen MR) is 127 cm³/mol. The highest BCUT2D eigenvalue weighted by Crippen LogP contribution is 2.30. The van der Waals surface area contributed by atoms with Gasteiger partial charge in [-0.05, 0) is 19.9 Å². The van der Waals surface area contributed by atoms with Gasteiger partial charge in [-0.25, -0.2) is 9.97 Å². The molecule has 0 saturated carbocycles. The first-order valence-corrected chi connectivity index (χ1v) is 10.9. The van der Waals surface area contributed by atoms with Crippen LogP contribution in [0.2, 0.25) is 0 Å². The van der Waals surface area contributed by atoms with Gasteiger partial charge in [0, 0.05) is 74.1 Å². The van der Waals surface area contributed by atoms with Gasteiger partial charge in [-0.1, -0.05) is 0 Å². The molecule has 10 heteroatoms. The Kier molecular flexibility index (Phi) is 5.29. The molecule has 2 unspecified atom stereocenters. The maximum absolute atomic E-state index is 13.3. The Labute approximate surface area is 191 Å². The number of nitrogens with one attached hydrogen (secondary N) is 2. The fourth-order valence-electron chi connectivity index (χ4n) is 4.49. The Hall–Kier alpha value is -3.79. The lowest BCUT2D eigenvalue weighted by Crippen LogP contribution is -2.54. The number of ether oxygens (including phenoxy) is 1. The Morgan fingerprint density at radius 3 is 2.55 bits per heavy atom. The monoisotopic (exact) mass is 446 g/mol. The average molecular weight is 447 g/mol. The van der Waals surface area contributed by atoms with Crippen LogP contribution in [0.5, 0.6) is 5.75 Å². The van der Waals surface area contributed by atoms with Gasteiger partial charge in [0.2, 0.25) is 0 Å². The van der Waals surface area contributed by atoms with Gasteiger partial charge in [0.1, 0.15) is 22.3 Å². The van der Waals surface area contributed by atoms with Crippen molar-refractivity contribution in [1.82, 2.24) is 30.0 Å². The van der Waals surface area contributed by atoms with E-state index in [4.69, 9.17) is 4.74 Å². The molecule has 2 atom stereocenters. The van der Waals surface area contributed by atoms with E-state index in [0.29, 0.717) is 40.1 Å². The lowest BCUT2D eigenvalue weighted by molar-refractivity contribution is 0.102. The van der Waals surface area contributed by atoms with E-state index in [1.165, 1.54) is 0 Å². The van der Waals surface area contributed by atoms with E-state index in [1.54, 1.807) is 36.4 Å². The van der Waals surface area contributed by atoms with E-state index in [-0.39, 0.29) is 5.91 Å². The first kappa shape index (κ1) is 21.1. The molecule has 1 saturated heterocycles. The minimum absolute atomic E-state index is 0.313. The number of benzene rings is 1. The van der Waals surface area contributed by atoms with Crippen molar-refractivity contribution in [3.05, 3.63) is 42.5 Å². The summed E-state index contributed by atoms with van der Waals surface area (Å²) in [6, 6.07) is 4.26. The van der Waals surface area contributed by atoms with Crippen molar-refractivity contribution in [3.8, 4) is 5.75 Å². The van der Waals surface area contributed by atoms with Crippen LogP contribution >= 0.6 is 0 Å². The minimum Gasteiger partial charge on any atom is -0.494 e. The Balaban J connectivity index is 1.50. The van der Waals surface area contributed by atoms with Crippen molar-refractivity contribution in [2.24, 2.45) is 7.05 Å². The van der Waals surface area contributed by atoms with Gasteiger partial charge in [0.25, 0.3) is 5.91 Å². The molecule has 5 rings (SSSR count). The lowest BCUT2D eigenvalue weighted by Gasteiger charge is -2.37. The number of carbonyl (C=O) groups excluding carboxylic acids is 1. The second-order valence-corrected chi connectivity index (χ2v) is 8.50. The summed E-state index contributed by atoms with van der Waals surface area (Å²) in [5.41, 5.74) is 2.84. The van der Waals surface area contributed by atoms with E-state index in [1.807, 2.05) is 19.3 Å². The van der Waals surface area contributed by atoms with E-state index < -0.39 is 0 Å². The van der Waals surface area contributed by atoms with Crippen LogP contribution in [0.15, 0.2) is 36.9 Å². The van der Waals surface area contributed by atoms with Crippen molar-refractivity contribution in [3.63, 3.8) is 0 Å². The maximum Gasteiger partial charge on any atom is 0.259 e. The van der Waals surface area contributed by atoms with Crippen LogP contribution in [0.4, 0.5) is 11.5 Å². The summed E-state index contributed by atoms with van der Waals surface area (Å²) in [5.74, 6) is 1.02. The molecular formula is C23H26N8O2. The smallest absolute Gasteiger partial charge is 0.259 e. The van der Waals surface area contributed by atoms with Gasteiger partial charge >= 0.3 is 0 Å². The quantitative estimate of drug-likeness (QED) is 0.492. The van der Waals surface area contributed by atoms with E-state index >= 15 is 0 Å². The standard InChI is InChI=1S/C23H26N8O2/c1-13-10-31(11-14(2)27-13)22-21-20(24-5-6-25-21)17(9-26-22)23(32)28-16-7-15-12-30(3)29-19(15)18(8-16)33-4/h5-9,12-14,27H,10-11H2,1-4H3,(H,28,32). The zero-order valence-corrected chi connectivity index (χ0v) is 19.0. The molecule has 0 spiro atoms. The number of methoxy groups -OCH3 is 1. The topological polar surface area (TPSA) is 110 Å². The molecule has 1 aromatic carbocycles. The third-order valence-corrected chi connectivity index (χ3v) is 5.75. The number of amides is 1. The number of anilines is 2. The van der Waals surface area contributed by atoms with E-state index in [0.717, 1.165) is 29.8 Å². The van der Waals surface area contributed by atoms with Crippen molar-refractivity contribution in [2.45, 2.75) is 25.9 Å². The van der Waals surface area contributed by atoms with E-state index in [9.17, 15) is 4.79 Å². The zero-order valence-electron chi connectivity index (χ0n) is 19.0. The number of aryl methyl sites for hydroxylation is 1. The SMILES string of the molecule is COc1cc(NC(=O)c2cnc(N3CC(C)NC(C)C3)c3nccnc23)cc2cn(C)nc12. The highest BCUT2D eigenvalue weighted by molar-refractivity contribution is 6.13. The normalized spacial score (nSPS) is 18.6. The number of fused-ring (bicyclic) bond motifs is 2. The van der Waals surface area contributed by atoms with Gasteiger partial charge in [-0.2, -0.15) is 5.10 Å². The number of nitrogens with zero attached hydrogens (tertiary/aromatic N) is 6. The highest BCUT2D eigenvalue weighted by Gasteiger charge is 2.25. The molecule has 3 aromatic heterocycles. The Morgan fingerprint density at radius 2 is 1.82 bits per heavy atom. The molecule has 4 aromatic rings. The van der Waals surface area contributed by atoms with Crippen molar-refractivity contribution < 1.29 is 9.53 Å². The molecule has 1 aliphatic rings. The molecule has 2 N–H and O–H groups in total. The summed E-state index contributed by atoms with van der Waals surface area (Å²) < 4.78 is 7.18. The fourth-order valence-corrected chi connectivity index (χ4v) is 4.49. The first-order chi connectivity index (χ1) is 15.9. The first-order valence-electron chi connectivity index (χ1n) is 10.9. The maximum atomic E-state index is 13.3. The number of pyridine rings is 1. The van der Waals surface area contributed by atoms with Gasteiger partial charge in [0.15, 0.2) is 5.82 Å². The molecule has 0 radical (unpaired) electrons. The molecule has 10 nitrogen and oxygen atoms in total. The molecule has 0 aliphatic carbocycles. The minimum atomic E-state index is -0.313. The Bertz CT molecular complexity index is 1340. The number of rotatable bonds is 4. The molecule has 170 valence electrons. The molecular weight excluding hydrogens is 420 g/mol. The molecule has 1 aliphatic heterocycles. The summed E-state index contributed by atoms with van der Waals surface area (Å²) >= 11 is 0. The number of hydrogen-bond donors (Lipinski definition) is 2. The van der Waals surface area contributed by atoms with E-state index in [2.05, 4.69) is 49.4 Å². The number of carbonyl (C=O) groups is 1. The summed E-state index contributed by atoms with van der Waals surface area (Å²) in [6.07, 6.45) is 6.68. The van der Waals surface area contributed by atoms with Crippen LogP contribution in [-0.4, -0.2) is 62.9 Å². The summed E-state index contributed by atoms with van der Waals surface area (Å²) in [5, 5.41) is 11.8. The molecule has 1 amide bonds. The molecule has 4 heterocycles. The van der Waals surface area contributed by atoms with Crippen LogP contribution < -0.4 is 20.3 Å². The molecule has 0 bridgehead atoms. The van der Waals surface area contributed by atoms with Crippen LogP contribution in [0.25, 0.3) is 21.9 Å². The lowest BCUT2D eigenvalue weighted by atomic mass is 10.1. The largest absolute Gasteiger partial charge is 0.494 e. The number of hydrogen-bond acceptors (Lipinski definition) is 8. The zero-order chi connectivity index (χ0) is 23.1. The van der Waals surface area contributed by atoms with Gasteiger partial charge in [-0.15, -0.1) is 0 Å². The van der Waals surface area contributed by atoms with Crippen molar-refractivity contribution in [1.29, 1.82) is 0 Å². The average Bonchev–Trinajstić information content (AvgIpc) is 3.17. The fraction of sp³-hybridized carbons (Fsp3) is 0.348. The highest BCUT2D eigenvalue weighted by atomic mass is 16.5. The Morgan fingerprint density at radius 1 is 1.09 bits per heavy atom. The third-order valence-electron chi connectivity index (χ3n) is 5.75. The third kappa shape index (κ3) is 3.93. The summed E-state index contributed by atoms with van der Waals surface area (Å²) in [7, 11) is 3.42. The molecule has 1 fully saturated rings. The summed E-state index contributed by atoms with van der Waals surface area (Å²) in [4.78, 5) is 29.1. The van der Waals surface area contributed by atoms with Crippen molar-refractivity contribution >= 4 is 39.3 Å².